The molecule has 0 radical (unpaired) electrons. The molecular formula is C7H11NO. The molecule has 0 aromatic rings. The summed E-state index contributed by atoms with van der Waals surface area (Å²) in [6, 6.07) is 1.71. The van der Waals surface area contributed by atoms with Crippen LogP contribution in [0.5, 0.6) is 0 Å². The molecule has 0 bridgehead atoms. The molecule has 0 aliphatic heterocycles. The summed E-state index contributed by atoms with van der Waals surface area (Å²) in [4.78, 5) is 0. The van der Waals surface area contributed by atoms with Gasteiger partial charge in [0, 0.05) is 0 Å². The molecule has 0 aliphatic carbocycles. The molecular weight excluding hydrogens is 114 g/mol. The molecule has 0 aromatic carbocycles. The van der Waals surface area contributed by atoms with Gasteiger partial charge in [-0.2, -0.15) is 5.26 Å². The highest BCUT2D eigenvalue weighted by molar-refractivity contribution is 5.07. The number of hydrogen-bond acceptors (Lipinski definition) is 2. The summed E-state index contributed by atoms with van der Waals surface area (Å²) in [5.41, 5.74) is 1.05. The Bertz CT molecular complexity index is 143. The summed E-state index contributed by atoms with van der Waals surface area (Å²) in [6.07, 6.45) is 1.52. The third-order valence-electron chi connectivity index (χ3n) is 1.13. The quantitative estimate of drug-likeness (QED) is 0.445. The van der Waals surface area contributed by atoms with Gasteiger partial charge in [0.25, 0.3) is 0 Å². The predicted molar refractivity (Wildman–Crippen MR) is 35.7 cm³/mol. The van der Waals surface area contributed by atoms with E-state index in [-0.39, 0.29) is 0 Å². The van der Waals surface area contributed by atoms with Crippen molar-refractivity contribution < 1.29 is 5.11 Å². The minimum Gasteiger partial charge on any atom is -0.374 e. The number of allylic oxidation sites excluding steroid dienone is 1. The average Bonchev–Trinajstić information content (AvgIpc) is 1.87. The fourth-order valence-electron chi connectivity index (χ4n) is 0.425. The van der Waals surface area contributed by atoms with Crippen LogP contribution in [0, 0.1) is 11.3 Å². The smallest absolute Gasteiger partial charge is 0.159 e. The van der Waals surface area contributed by atoms with E-state index in [0.29, 0.717) is 0 Å². The molecule has 1 N–H and O–H groups in total. The third-order valence-corrected chi connectivity index (χ3v) is 1.13. The molecule has 0 heterocycles. The van der Waals surface area contributed by atoms with Crippen LogP contribution in [0.1, 0.15) is 20.3 Å². The highest BCUT2D eigenvalue weighted by Crippen LogP contribution is 1.98. The van der Waals surface area contributed by atoms with Crippen molar-refractivity contribution in [3.05, 3.63) is 11.6 Å². The van der Waals surface area contributed by atoms with Gasteiger partial charge in [-0.3, -0.25) is 0 Å². The van der Waals surface area contributed by atoms with Gasteiger partial charge in [0.2, 0.25) is 0 Å². The molecule has 0 aliphatic rings. The van der Waals surface area contributed by atoms with E-state index in [1.807, 2.05) is 13.8 Å². The second-order valence-corrected chi connectivity index (χ2v) is 1.94. The van der Waals surface area contributed by atoms with Gasteiger partial charge >= 0.3 is 0 Å². The second-order valence-electron chi connectivity index (χ2n) is 1.94. The monoisotopic (exact) mass is 125 g/mol. The molecule has 50 valence electrons. The minimum absolute atomic E-state index is 0.888. The highest BCUT2D eigenvalue weighted by Gasteiger charge is 1.93. The number of nitrogens with zero attached hydrogens (tertiary/aromatic N) is 1. The number of aliphatic hydroxyl groups is 1. The molecule has 9 heavy (non-hydrogen) atoms. The molecule has 0 saturated carbocycles. The molecule has 0 spiro atoms. The lowest BCUT2D eigenvalue weighted by Crippen LogP contribution is -1.97. The second kappa shape index (κ2) is 4.11. The topological polar surface area (TPSA) is 44.0 Å². The van der Waals surface area contributed by atoms with Crippen LogP contribution in [0.25, 0.3) is 0 Å². The van der Waals surface area contributed by atoms with E-state index in [9.17, 15) is 0 Å². The first-order valence-corrected chi connectivity index (χ1v) is 2.95. The zero-order valence-corrected chi connectivity index (χ0v) is 5.76. The standard InChI is InChI=1S/C7H11NO/c1-3-6(2)4-7(9)5-8/h4,7,9H,3H2,1-2H3/b6-4+/t7-/m1/s1. The SMILES string of the molecule is CC/C(C)=C/[C@@H](O)C#N. The number of aliphatic hydroxyl groups excluding tert-OH is 1. The minimum atomic E-state index is -0.926. The van der Waals surface area contributed by atoms with E-state index in [1.165, 1.54) is 0 Å². The first-order valence-electron chi connectivity index (χ1n) is 2.95. The van der Waals surface area contributed by atoms with E-state index in [2.05, 4.69) is 0 Å². The van der Waals surface area contributed by atoms with Crippen LogP contribution in [0.3, 0.4) is 0 Å². The van der Waals surface area contributed by atoms with Crippen LogP contribution in [-0.2, 0) is 0 Å². The lowest BCUT2D eigenvalue weighted by molar-refractivity contribution is 0.277. The van der Waals surface area contributed by atoms with E-state index in [1.54, 1.807) is 12.1 Å². The highest BCUT2D eigenvalue weighted by atomic mass is 16.3. The Morgan fingerprint density at radius 1 is 1.89 bits per heavy atom. The Kier molecular flexibility index (Phi) is 3.74. The number of rotatable bonds is 2. The van der Waals surface area contributed by atoms with Gasteiger partial charge < -0.3 is 5.11 Å². The van der Waals surface area contributed by atoms with E-state index >= 15 is 0 Å². The average molecular weight is 125 g/mol. The van der Waals surface area contributed by atoms with Crippen molar-refractivity contribution in [2.75, 3.05) is 0 Å². The number of hydrogen-bond donors (Lipinski definition) is 1. The summed E-state index contributed by atoms with van der Waals surface area (Å²) in [6.45, 7) is 3.87. The van der Waals surface area contributed by atoms with Gasteiger partial charge in [0.1, 0.15) is 0 Å². The summed E-state index contributed by atoms with van der Waals surface area (Å²) >= 11 is 0. The lowest BCUT2D eigenvalue weighted by Gasteiger charge is -1.94. The molecule has 0 fully saturated rings. The van der Waals surface area contributed by atoms with Gasteiger partial charge in [0.15, 0.2) is 6.10 Å². The van der Waals surface area contributed by atoms with Crippen molar-refractivity contribution in [3.8, 4) is 6.07 Å². The van der Waals surface area contributed by atoms with Crippen LogP contribution in [0.2, 0.25) is 0 Å². The maximum Gasteiger partial charge on any atom is 0.159 e. The lowest BCUT2D eigenvalue weighted by atomic mass is 10.2. The van der Waals surface area contributed by atoms with Crippen LogP contribution in [0.15, 0.2) is 11.6 Å². The third kappa shape index (κ3) is 3.75. The van der Waals surface area contributed by atoms with Crippen LogP contribution in [-0.4, -0.2) is 11.2 Å². The Labute approximate surface area is 55.4 Å². The van der Waals surface area contributed by atoms with Crippen LogP contribution >= 0.6 is 0 Å². The fraction of sp³-hybridized carbons (Fsp3) is 0.571. The van der Waals surface area contributed by atoms with E-state index in [4.69, 9.17) is 10.4 Å². The zero-order chi connectivity index (χ0) is 7.28. The normalized spacial score (nSPS) is 14.7. The van der Waals surface area contributed by atoms with Crippen molar-refractivity contribution in [3.63, 3.8) is 0 Å². The largest absolute Gasteiger partial charge is 0.374 e. The Morgan fingerprint density at radius 3 is 2.78 bits per heavy atom. The van der Waals surface area contributed by atoms with Gasteiger partial charge in [0.05, 0.1) is 6.07 Å². The molecule has 0 aromatic heterocycles. The molecule has 0 amide bonds. The molecule has 2 nitrogen and oxygen atoms in total. The zero-order valence-electron chi connectivity index (χ0n) is 5.76. The molecule has 0 saturated heterocycles. The van der Waals surface area contributed by atoms with Crippen molar-refractivity contribution in [1.29, 1.82) is 5.26 Å². The molecule has 1 atom stereocenters. The van der Waals surface area contributed by atoms with Gasteiger partial charge in [-0.05, 0) is 19.4 Å². The molecule has 0 rings (SSSR count). The Balaban J connectivity index is 3.83. The van der Waals surface area contributed by atoms with E-state index in [0.717, 1.165) is 12.0 Å². The summed E-state index contributed by atoms with van der Waals surface area (Å²) in [5.74, 6) is 0. The van der Waals surface area contributed by atoms with Gasteiger partial charge in [-0.25, -0.2) is 0 Å². The van der Waals surface area contributed by atoms with Gasteiger partial charge in [-0.15, -0.1) is 0 Å². The summed E-state index contributed by atoms with van der Waals surface area (Å²) in [7, 11) is 0. The Morgan fingerprint density at radius 2 is 2.44 bits per heavy atom. The maximum absolute atomic E-state index is 8.72. The first kappa shape index (κ1) is 8.19. The molecule has 0 unspecified atom stereocenters. The number of nitriles is 1. The van der Waals surface area contributed by atoms with Crippen molar-refractivity contribution in [2.24, 2.45) is 0 Å². The van der Waals surface area contributed by atoms with Crippen LogP contribution < -0.4 is 0 Å². The van der Waals surface area contributed by atoms with Gasteiger partial charge in [-0.1, -0.05) is 12.5 Å². The maximum atomic E-state index is 8.72. The molecule has 2 heteroatoms. The predicted octanol–water partition coefficient (Wildman–Crippen LogP) is 1.23. The van der Waals surface area contributed by atoms with Crippen LogP contribution in [0.4, 0.5) is 0 Å². The first-order chi connectivity index (χ1) is 4.20. The van der Waals surface area contributed by atoms with Crippen molar-refractivity contribution in [2.45, 2.75) is 26.4 Å². The Hall–Kier alpha value is -0.810. The van der Waals surface area contributed by atoms with Crippen molar-refractivity contribution >= 4 is 0 Å². The summed E-state index contributed by atoms with van der Waals surface area (Å²) < 4.78 is 0. The summed E-state index contributed by atoms with van der Waals surface area (Å²) in [5, 5.41) is 16.9. The fourth-order valence-corrected chi connectivity index (χ4v) is 0.425. The van der Waals surface area contributed by atoms with Crippen molar-refractivity contribution in [1.82, 2.24) is 0 Å². The van der Waals surface area contributed by atoms with E-state index < -0.39 is 6.10 Å².